The van der Waals surface area contributed by atoms with E-state index < -0.39 is 10.0 Å². The van der Waals surface area contributed by atoms with Gasteiger partial charge in [0, 0.05) is 20.5 Å². The average molecular weight is 404 g/mol. The number of hydrogen-bond donors (Lipinski definition) is 1. The SMILES string of the molecule is C=C(Cl)CNS(=O)(=O)c1cc(Br)c(C)cc1Br. The third-order valence-electron chi connectivity index (χ3n) is 1.96. The molecule has 0 spiro atoms. The van der Waals surface area contributed by atoms with Crippen LogP contribution >= 0.6 is 43.5 Å². The fraction of sp³-hybridized carbons (Fsp3) is 0.200. The van der Waals surface area contributed by atoms with Crippen LogP contribution in [0.1, 0.15) is 5.56 Å². The molecule has 0 bridgehead atoms. The molecule has 0 radical (unpaired) electrons. The fourth-order valence-electron chi connectivity index (χ4n) is 1.09. The van der Waals surface area contributed by atoms with Gasteiger partial charge in [0.1, 0.15) is 0 Å². The number of hydrogen-bond acceptors (Lipinski definition) is 2. The first-order valence-electron chi connectivity index (χ1n) is 4.52. The van der Waals surface area contributed by atoms with Crippen LogP contribution in [0.2, 0.25) is 0 Å². The van der Waals surface area contributed by atoms with E-state index in [1.165, 1.54) is 0 Å². The molecule has 0 fully saturated rings. The zero-order valence-corrected chi connectivity index (χ0v) is 13.7. The van der Waals surface area contributed by atoms with Crippen LogP contribution in [-0.2, 0) is 10.0 Å². The van der Waals surface area contributed by atoms with Crippen LogP contribution in [0.25, 0.3) is 0 Å². The molecule has 0 amide bonds. The van der Waals surface area contributed by atoms with E-state index in [4.69, 9.17) is 11.6 Å². The second-order valence-electron chi connectivity index (χ2n) is 3.37. The van der Waals surface area contributed by atoms with Crippen molar-refractivity contribution in [2.45, 2.75) is 11.8 Å². The standard InChI is InChI=1S/C10H10Br2ClNO2S/c1-6-3-9(12)10(4-8(6)11)17(15,16)14-5-7(2)13/h3-4,14H,2,5H2,1H3. The molecule has 0 saturated heterocycles. The van der Waals surface area contributed by atoms with Crippen LogP contribution in [0.5, 0.6) is 0 Å². The van der Waals surface area contributed by atoms with Crippen molar-refractivity contribution in [1.82, 2.24) is 4.72 Å². The molecular weight excluding hydrogens is 393 g/mol. The van der Waals surface area contributed by atoms with E-state index in [0.29, 0.717) is 4.47 Å². The summed E-state index contributed by atoms with van der Waals surface area (Å²) in [6.45, 7) is 5.30. The maximum Gasteiger partial charge on any atom is 0.242 e. The van der Waals surface area contributed by atoms with Crippen molar-refractivity contribution in [3.63, 3.8) is 0 Å². The number of benzene rings is 1. The van der Waals surface area contributed by atoms with Crippen molar-refractivity contribution < 1.29 is 8.42 Å². The Labute approximate surface area is 123 Å². The van der Waals surface area contributed by atoms with Gasteiger partial charge < -0.3 is 0 Å². The van der Waals surface area contributed by atoms with E-state index in [1.54, 1.807) is 12.1 Å². The molecule has 0 saturated carbocycles. The lowest BCUT2D eigenvalue weighted by molar-refractivity contribution is 0.585. The molecule has 94 valence electrons. The lowest BCUT2D eigenvalue weighted by atomic mass is 10.2. The molecule has 1 N–H and O–H groups in total. The van der Waals surface area contributed by atoms with Crippen LogP contribution in [0.15, 0.2) is 37.6 Å². The van der Waals surface area contributed by atoms with Crippen LogP contribution in [0.3, 0.4) is 0 Å². The summed E-state index contributed by atoms with van der Waals surface area (Å²) in [4.78, 5) is 0.160. The van der Waals surface area contributed by atoms with E-state index >= 15 is 0 Å². The third kappa shape index (κ3) is 4.06. The van der Waals surface area contributed by atoms with Crippen molar-refractivity contribution in [3.8, 4) is 0 Å². The Morgan fingerprint density at radius 1 is 1.41 bits per heavy atom. The Bertz CT molecular complexity index is 558. The normalized spacial score (nSPS) is 11.5. The first kappa shape index (κ1) is 15.2. The largest absolute Gasteiger partial charge is 0.242 e. The zero-order valence-electron chi connectivity index (χ0n) is 8.93. The fourth-order valence-corrected chi connectivity index (χ4v) is 3.93. The number of aryl methyl sites for hydroxylation is 1. The van der Waals surface area contributed by atoms with Gasteiger partial charge in [-0.2, -0.15) is 0 Å². The number of rotatable bonds is 4. The minimum Gasteiger partial charge on any atom is -0.207 e. The van der Waals surface area contributed by atoms with E-state index in [9.17, 15) is 8.42 Å². The van der Waals surface area contributed by atoms with Crippen molar-refractivity contribution in [3.05, 3.63) is 38.3 Å². The van der Waals surface area contributed by atoms with Gasteiger partial charge in [-0.3, -0.25) is 0 Å². The molecule has 17 heavy (non-hydrogen) atoms. The maximum absolute atomic E-state index is 12.0. The van der Waals surface area contributed by atoms with E-state index in [-0.39, 0.29) is 16.5 Å². The molecule has 7 heteroatoms. The second kappa shape index (κ2) is 5.84. The summed E-state index contributed by atoms with van der Waals surface area (Å²) in [7, 11) is -3.60. The van der Waals surface area contributed by atoms with Gasteiger partial charge in [-0.05, 0) is 40.5 Å². The van der Waals surface area contributed by atoms with Crippen molar-refractivity contribution in [2.24, 2.45) is 0 Å². The quantitative estimate of drug-likeness (QED) is 0.836. The summed E-state index contributed by atoms with van der Waals surface area (Å²) in [6, 6.07) is 3.27. The Morgan fingerprint density at radius 2 is 2.00 bits per heavy atom. The van der Waals surface area contributed by atoms with Crippen molar-refractivity contribution in [2.75, 3.05) is 6.54 Å². The highest BCUT2D eigenvalue weighted by atomic mass is 79.9. The highest BCUT2D eigenvalue weighted by Gasteiger charge is 2.18. The van der Waals surface area contributed by atoms with Gasteiger partial charge in [0.2, 0.25) is 10.0 Å². The lowest BCUT2D eigenvalue weighted by Gasteiger charge is -2.09. The predicted molar refractivity (Wildman–Crippen MR) is 76.8 cm³/mol. The molecule has 0 atom stereocenters. The Hall–Kier alpha value is 0.120. The topological polar surface area (TPSA) is 46.2 Å². The lowest BCUT2D eigenvalue weighted by Crippen LogP contribution is -2.25. The summed E-state index contributed by atoms with van der Waals surface area (Å²) in [5.74, 6) is 0. The molecule has 0 aliphatic carbocycles. The molecule has 1 aromatic carbocycles. The molecule has 1 aromatic rings. The van der Waals surface area contributed by atoms with E-state index in [1.807, 2.05) is 6.92 Å². The Morgan fingerprint density at radius 3 is 2.53 bits per heavy atom. The minimum absolute atomic E-state index is 0.00181. The van der Waals surface area contributed by atoms with Crippen LogP contribution in [0, 0.1) is 6.92 Å². The van der Waals surface area contributed by atoms with Gasteiger partial charge in [-0.25, -0.2) is 13.1 Å². The molecule has 0 aromatic heterocycles. The summed E-state index contributed by atoms with van der Waals surface area (Å²) in [5, 5.41) is 0.232. The highest BCUT2D eigenvalue weighted by Crippen LogP contribution is 2.28. The number of nitrogens with one attached hydrogen (secondary N) is 1. The summed E-state index contributed by atoms with van der Waals surface area (Å²) in [5.41, 5.74) is 0.942. The zero-order chi connectivity index (χ0) is 13.2. The van der Waals surface area contributed by atoms with Gasteiger partial charge in [0.25, 0.3) is 0 Å². The van der Waals surface area contributed by atoms with Gasteiger partial charge in [-0.1, -0.05) is 34.1 Å². The van der Waals surface area contributed by atoms with E-state index in [2.05, 4.69) is 43.2 Å². The Balaban J connectivity index is 3.15. The molecule has 0 heterocycles. The molecular formula is C10H10Br2ClNO2S. The van der Waals surface area contributed by atoms with Gasteiger partial charge in [-0.15, -0.1) is 0 Å². The van der Waals surface area contributed by atoms with Crippen LogP contribution < -0.4 is 4.72 Å². The van der Waals surface area contributed by atoms with Gasteiger partial charge in [0.05, 0.1) is 4.90 Å². The van der Waals surface area contributed by atoms with E-state index in [0.717, 1.165) is 10.0 Å². The van der Waals surface area contributed by atoms with Crippen LogP contribution in [0.4, 0.5) is 0 Å². The maximum atomic E-state index is 12.0. The average Bonchev–Trinajstić information content (AvgIpc) is 2.20. The first-order valence-corrected chi connectivity index (χ1v) is 7.97. The van der Waals surface area contributed by atoms with Gasteiger partial charge >= 0.3 is 0 Å². The smallest absolute Gasteiger partial charge is 0.207 e. The highest BCUT2D eigenvalue weighted by molar-refractivity contribution is 9.11. The number of halogens is 3. The molecule has 0 aliphatic rings. The Kier molecular flexibility index (Phi) is 5.21. The summed E-state index contributed by atoms with van der Waals surface area (Å²) in [6.07, 6.45) is 0. The molecule has 1 rings (SSSR count). The second-order valence-corrected chi connectivity index (χ2v) is 7.35. The third-order valence-corrected chi connectivity index (χ3v) is 5.30. The summed E-state index contributed by atoms with van der Waals surface area (Å²) < 4.78 is 27.5. The van der Waals surface area contributed by atoms with Gasteiger partial charge in [0.15, 0.2) is 0 Å². The monoisotopic (exact) mass is 401 g/mol. The molecule has 3 nitrogen and oxygen atoms in total. The number of sulfonamides is 1. The minimum atomic E-state index is -3.60. The summed E-state index contributed by atoms with van der Waals surface area (Å²) >= 11 is 12.0. The first-order chi connectivity index (χ1) is 7.74. The van der Waals surface area contributed by atoms with Crippen LogP contribution in [-0.4, -0.2) is 15.0 Å². The molecule has 0 aliphatic heterocycles. The predicted octanol–water partition coefficient (Wildman–Crippen LogP) is 3.55. The van der Waals surface area contributed by atoms with Crippen molar-refractivity contribution in [1.29, 1.82) is 0 Å². The van der Waals surface area contributed by atoms with Crippen molar-refractivity contribution >= 4 is 53.5 Å². The molecule has 0 unspecified atom stereocenters.